The minimum atomic E-state index is 0.418. The molecular formula is C18H13ClN6S. The van der Waals surface area contributed by atoms with Crippen molar-refractivity contribution in [2.45, 2.75) is 0 Å². The van der Waals surface area contributed by atoms with E-state index in [-0.39, 0.29) is 0 Å². The lowest BCUT2D eigenvalue weighted by molar-refractivity contribution is 0.862. The van der Waals surface area contributed by atoms with Crippen LogP contribution in [0.4, 0.5) is 0 Å². The number of aromatic amines is 1. The summed E-state index contributed by atoms with van der Waals surface area (Å²) in [4.78, 5) is 0. The maximum atomic E-state index is 6.15. The number of aromatic nitrogens is 5. The van der Waals surface area contributed by atoms with Gasteiger partial charge in [-0.3, -0.25) is 5.10 Å². The van der Waals surface area contributed by atoms with Gasteiger partial charge in [0.1, 0.15) is 12.0 Å². The predicted octanol–water partition coefficient (Wildman–Crippen LogP) is 4.33. The van der Waals surface area contributed by atoms with Crippen molar-refractivity contribution in [2.75, 3.05) is 0 Å². The Morgan fingerprint density at radius 2 is 1.96 bits per heavy atom. The Morgan fingerprint density at radius 3 is 2.69 bits per heavy atom. The maximum absolute atomic E-state index is 6.15. The number of H-pyrrole nitrogens is 1. The molecule has 128 valence electrons. The first kappa shape index (κ1) is 16.4. The van der Waals surface area contributed by atoms with Crippen LogP contribution in [0.5, 0.6) is 0 Å². The number of hydrogen-bond acceptors (Lipinski definition) is 4. The average molecular weight is 381 g/mol. The van der Waals surface area contributed by atoms with Gasteiger partial charge in [0.2, 0.25) is 4.77 Å². The van der Waals surface area contributed by atoms with Crippen molar-refractivity contribution in [3.8, 4) is 16.9 Å². The lowest BCUT2D eigenvalue weighted by Gasteiger charge is -2.01. The number of hydrogen-bond donors (Lipinski definition) is 1. The summed E-state index contributed by atoms with van der Waals surface area (Å²) in [5, 5.41) is 16.3. The van der Waals surface area contributed by atoms with Gasteiger partial charge in [0, 0.05) is 22.3 Å². The molecule has 0 radical (unpaired) electrons. The van der Waals surface area contributed by atoms with Gasteiger partial charge in [0.15, 0.2) is 0 Å². The standard InChI is InChI=1S/C18H13ClN6S/c19-15-6-4-5-13(9-15)17-14(10-21-25-12-20-22-18(25)26)11-24(23-17)16-7-2-1-3-8-16/h1-12H,(H,22,26)/b21-10-. The summed E-state index contributed by atoms with van der Waals surface area (Å²) < 4.78 is 3.71. The Bertz CT molecular complexity index is 1130. The Labute approximate surface area is 159 Å². The second-order valence-corrected chi connectivity index (χ2v) is 6.30. The minimum absolute atomic E-state index is 0.418. The minimum Gasteiger partial charge on any atom is -0.250 e. The van der Waals surface area contributed by atoms with Gasteiger partial charge in [-0.05, 0) is 36.5 Å². The molecule has 0 atom stereocenters. The van der Waals surface area contributed by atoms with Crippen LogP contribution in [0.1, 0.15) is 5.56 Å². The molecule has 4 aromatic rings. The van der Waals surface area contributed by atoms with Crippen molar-refractivity contribution >= 4 is 30.0 Å². The van der Waals surface area contributed by atoms with Gasteiger partial charge in [0.05, 0.1) is 11.9 Å². The van der Waals surface area contributed by atoms with E-state index in [1.807, 2.05) is 65.5 Å². The second kappa shape index (κ2) is 7.07. The number of halogens is 1. The molecule has 0 saturated heterocycles. The number of nitrogens with one attached hydrogen (secondary N) is 1. The molecule has 0 amide bonds. The molecule has 2 heterocycles. The third-order valence-electron chi connectivity index (χ3n) is 3.72. The third kappa shape index (κ3) is 3.35. The number of nitrogens with zero attached hydrogens (tertiary/aromatic N) is 5. The van der Waals surface area contributed by atoms with Crippen molar-refractivity contribution in [3.63, 3.8) is 0 Å². The van der Waals surface area contributed by atoms with E-state index < -0.39 is 0 Å². The van der Waals surface area contributed by atoms with Crippen molar-refractivity contribution in [3.05, 3.63) is 82.5 Å². The second-order valence-electron chi connectivity index (χ2n) is 5.47. The lowest BCUT2D eigenvalue weighted by Crippen LogP contribution is -1.93. The van der Waals surface area contributed by atoms with Crippen molar-refractivity contribution < 1.29 is 0 Å². The van der Waals surface area contributed by atoms with Crippen LogP contribution in [0.25, 0.3) is 16.9 Å². The molecule has 2 aromatic heterocycles. The molecule has 26 heavy (non-hydrogen) atoms. The van der Waals surface area contributed by atoms with Gasteiger partial charge < -0.3 is 0 Å². The van der Waals surface area contributed by atoms with Gasteiger partial charge in [-0.1, -0.05) is 41.9 Å². The van der Waals surface area contributed by atoms with Gasteiger partial charge >= 0.3 is 0 Å². The van der Waals surface area contributed by atoms with E-state index in [1.54, 1.807) is 6.21 Å². The summed E-state index contributed by atoms with van der Waals surface area (Å²) >= 11 is 11.3. The van der Waals surface area contributed by atoms with E-state index in [0.717, 1.165) is 22.5 Å². The smallest absolute Gasteiger partial charge is 0.216 e. The van der Waals surface area contributed by atoms with Crippen LogP contribution in [0, 0.1) is 4.77 Å². The van der Waals surface area contributed by atoms with Crippen LogP contribution in [0.15, 0.2) is 72.2 Å². The molecule has 0 unspecified atom stereocenters. The van der Waals surface area contributed by atoms with Gasteiger partial charge in [-0.15, -0.1) is 0 Å². The molecule has 0 spiro atoms. The van der Waals surface area contributed by atoms with Crippen molar-refractivity contribution in [2.24, 2.45) is 5.10 Å². The fourth-order valence-electron chi connectivity index (χ4n) is 2.50. The largest absolute Gasteiger partial charge is 0.250 e. The van der Waals surface area contributed by atoms with Gasteiger partial charge in [-0.2, -0.15) is 20.0 Å². The zero-order valence-corrected chi connectivity index (χ0v) is 15.0. The molecule has 0 aliphatic heterocycles. The first-order chi connectivity index (χ1) is 12.7. The SMILES string of the molecule is S=c1[nH]ncn1/N=C\c1cn(-c2ccccc2)nc1-c1cccc(Cl)c1. The molecule has 0 aliphatic carbocycles. The molecule has 8 heteroatoms. The summed E-state index contributed by atoms with van der Waals surface area (Å²) in [6, 6.07) is 17.4. The quantitative estimate of drug-likeness (QED) is 0.423. The van der Waals surface area contributed by atoms with E-state index in [1.165, 1.54) is 11.0 Å². The fraction of sp³-hybridized carbons (Fsp3) is 0. The van der Waals surface area contributed by atoms with Crippen molar-refractivity contribution in [1.82, 2.24) is 24.7 Å². The Morgan fingerprint density at radius 1 is 1.12 bits per heavy atom. The van der Waals surface area contributed by atoms with Crippen LogP contribution in [0.3, 0.4) is 0 Å². The molecule has 0 bridgehead atoms. The fourth-order valence-corrected chi connectivity index (χ4v) is 2.84. The summed E-state index contributed by atoms with van der Waals surface area (Å²) in [6.07, 6.45) is 5.13. The zero-order valence-electron chi connectivity index (χ0n) is 13.5. The van der Waals surface area contributed by atoms with Gasteiger partial charge in [0.25, 0.3) is 0 Å². The summed E-state index contributed by atoms with van der Waals surface area (Å²) in [5.74, 6) is 0. The van der Waals surface area contributed by atoms with E-state index in [0.29, 0.717) is 9.79 Å². The van der Waals surface area contributed by atoms with E-state index in [2.05, 4.69) is 15.3 Å². The molecule has 1 N–H and O–H groups in total. The monoisotopic (exact) mass is 380 g/mol. The van der Waals surface area contributed by atoms with Crippen LogP contribution in [-0.4, -0.2) is 30.9 Å². The number of rotatable bonds is 4. The molecule has 2 aromatic carbocycles. The van der Waals surface area contributed by atoms with Crippen LogP contribution in [0.2, 0.25) is 5.02 Å². The third-order valence-corrected chi connectivity index (χ3v) is 4.23. The highest BCUT2D eigenvalue weighted by Gasteiger charge is 2.11. The number of benzene rings is 2. The molecule has 0 aliphatic rings. The van der Waals surface area contributed by atoms with E-state index >= 15 is 0 Å². The molecule has 4 rings (SSSR count). The molecule has 6 nitrogen and oxygen atoms in total. The average Bonchev–Trinajstić information content (AvgIpc) is 3.27. The molecular weight excluding hydrogens is 368 g/mol. The van der Waals surface area contributed by atoms with Crippen molar-refractivity contribution in [1.29, 1.82) is 0 Å². The highest BCUT2D eigenvalue weighted by Crippen LogP contribution is 2.25. The van der Waals surface area contributed by atoms with Crippen LogP contribution < -0.4 is 0 Å². The maximum Gasteiger partial charge on any atom is 0.216 e. The van der Waals surface area contributed by atoms with E-state index in [4.69, 9.17) is 28.9 Å². The predicted molar refractivity (Wildman–Crippen MR) is 104 cm³/mol. The highest BCUT2D eigenvalue weighted by molar-refractivity contribution is 7.71. The van der Waals surface area contributed by atoms with Gasteiger partial charge in [-0.25, -0.2) is 4.68 Å². The number of para-hydroxylation sites is 1. The topological polar surface area (TPSA) is 63.8 Å². The Balaban J connectivity index is 1.83. The zero-order chi connectivity index (χ0) is 17.9. The molecule has 0 saturated carbocycles. The van der Waals surface area contributed by atoms with E-state index in [9.17, 15) is 0 Å². The van der Waals surface area contributed by atoms with Crippen LogP contribution in [-0.2, 0) is 0 Å². The van der Waals surface area contributed by atoms with Crippen LogP contribution >= 0.6 is 23.8 Å². The first-order valence-corrected chi connectivity index (χ1v) is 8.57. The first-order valence-electron chi connectivity index (χ1n) is 7.78. The highest BCUT2D eigenvalue weighted by atomic mass is 35.5. The summed E-state index contributed by atoms with van der Waals surface area (Å²) in [5.41, 5.74) is 3.47. The summed E-state index contributed by atoms with van der Waals surface area (Å²) in [6.45, 7) is 0. The Hall–Kier alpha value is -3.03. The summed E-state index contributed by atoms with van der Waals surface area (Å²) in [7, 11) is 0. The molecule has 0 fully saturated rings. The normalized spacial score (nSPS) is 11.3. The Kier molecular flexibility index (Phi) is 4.47. The lowest BCUT2D eigenvalue weighted by atomic mass is 10.1.